The third kappa shape index (κ3) is 4.45. The number of rotatable bonds is 5. The maximum absolute atomic E-state index is 13.5. The molecule has 30 heavy (non-hydrogen) atoms. The molecule has 1 aliphatic carbocycles. The van der Waals surface area contributed by atoms with Crippen LogP contribution in [-0.4, -0.2) is 47.4 Å². The standard InChI is InChI=1S/C22H31FN4O2S/c1-22(2)10-4-5-18(11-22)25-20-13-27(30(28,29)21-14-26(3)15-24-21)12-19(20)16-6-8-17(23)9-7-16/h6-9,14-15,18-20,25H,4-5,10-13H2,1-3H3. The average Bonchev–Trinajstić information content (AvgIpc) is 3.29. The predicted octanol–water partition coefficient (Wildman–Crippen LogP) is 3.27. The Morgan fingerprint density at radius 1 is 1.20 bits per heavy atom. The summed E-state index contributed by atoms with van der Waals surface area (Å²) in [5.41, 5.74) is 1.25. The summed E-state index contributed by atoms with van der Waals surface area (Å²) in [6.45, 7) is 5.34. The minimum Gasteiger partial charge on any atom is -0.339 e. The van der Waals surface area contributed by atoms with E-state index in [1.165, 1.54) is 41.8 Å². The molecule has 1 aromatic carbocycles. The van der Waals surface area contributed by atoms with Gasteiger partial charge in [-0.05, 0) is 42.4 Å². The second kappa shape index (κ2) is 8.05. The largest absolute Gasteiger partial charge is 0.339 e. The van der Waals surface area contributed by atoms with Gasteiger partial charge in [0.15, 0.2) is 5.03 Å². The molecule has 1 saturated heterocycles. The highest BCUT2D eigenvalue weighted by Crippen LogP contribution is 2.37. The molecule has 2 heterocycles. The van der Waals surface area contributed by atoms with Crippen LogP contribution < -0.4 is 5.32 Å². The smallest absolute Gasteiger partial charge is 0.262 e. The molecular formula is C22H31FN4O2S. The van der Waals surface area contributed by atoms with Crippen molar-refractivity contribution in [3.63, 3.8) is 0 Å². The van der Waals surface area contributed by atoms with Crippen LogP contribution in [0.2, 0.25) is 0 Å². The van der Waals surface area contributed by atoms with E-state index in [4.69, 9.17) is 0 Å². The molecule has 0 radical (unpaired) electrons. The lowest BCUT2D eigenvalue weighted by Crippen LogP contribution is -2.46. The summed E-state index contributed by atoms with van der Waals surface area (Å²) in [5.74, 6) is -0.317. The minimum absolute atomic E-state index is 0.0205. The summed E-state index contributed by atoms with van der Waals surface area (Å²) in [6.07, 6.45) is 7.61. The van der Waals surface area contributed by atoms with Crippen molar-refractivity contribution in [3.05, 3.63) is 48.2 Å². The van der Waals surface area contributed by atoms with Crippen molar-refractivity contribution in [2.24, 2.45) is 12.5 Å². The topological polar surface area (TPSA) is 67.2 Å². The second-order valence-corrected chi connectivity index (χ2v) is 11.5. The summed E-state index contributed by atoms with van der Waals surface area (Å²) in [7, 11) is -1.92. The van der Waals surface area contributed by atoms with E-state index in [9.17, 15) is 12.8 Å². The SMILES string of the molecule is Cn1cnc(S(=O)(=O)N2CC(NC3CCCC(C)(C)C3)C(c3ccc(F)cc3)C2)c1. The van der Waals surface area contributed by atoms with Crippen molar-refractivity contribution in [1.82, 2.24) is 19.2 Å². The molecule has 2 aromatic rings. The second-order valence-electron chi connectivity index (χ2n) is 9.59. The lowest BCUT2D eigenvalue weighted by Gasteiger charge is -2.38. The zero-order valence-corrected chi connectivity index (χ0v) is 18.7. The fraction of sp³-hybridized carbons (Fsp3) is 0.591. The van der Waals surface area contributed by atoms with E-state index in [0.717, 1.165) is 18.4 Å². The molecule has 2 fully saturated rings. The Kier molecular flexibility index (Phi) is 5.76. The molecule has 8 heteroatoms. The minimum atomic E-state index is -3.68. The first-order valence-corrected chi connectivity index (χ1v) is 12.1. The summed E-state index contributed by atoms with van der Waals surface area (Å²) < 4.78 is 43.0. The van der Waals surface area contributed by atoms with E-state index in [1.807, 2.05) is 0 Å². The van der Waals surface area contributed by atoms with Gasteiger partial charge < -0.3 is 9.88 Å². The molecule has 3 unspecified atom stereocenters. The van der Waals surface area contributed by atoms with Gasteiger partial charge in [0.25, 0.3) is 10.0 Å². The first-order chi connectivity index (χ1) is 14.1. The van der Waals surface area contributed by atoms with E-state index < -0.39 is 10.0 Å². The lowest BCUT2D eigenvalue weighted by atomic mass is 9.75. The summed E-state index contributed by atoms with van der Waals surface area (Å²) in [5, 5.41) is 3.84. The number of nitrogens with one attached hydrogen (secondary N) is 1. The molecule has 1 aliphatic heterocycles. The number of hydrogen-bond acceptors (Lipinski definition) is 4. The number of aryl methyl sites for hydroxylation is 1. The van der Waals surface area contributed by atoms with Crippen molar-refractivity contribution in [2.75, 3.05) is 13.1 Å². The Morgan fingerprint density at radius 3 is 2.57 bits per heavy atom. The van der Waals surface area contributed by atoms with E-state index in [0.29, 0.717) is 24.5 Å². The molecule has 0 spiro atoms. The van der Waals surface area contributed by atoms with Crippen molar-refractivity contribution < 1.29 is 12.8 Å². The Labute approximate surface area is 178 Å². The van der Waals surface area contributed by atoms with Gasteiger partial charge in [0, 0.05) is 44.3 Å². The summed E-state index contributed by atoms with van der Waals surface area (Å²) in [6, 6.07) is 6.79. The van der Waals surface area contributed by atoms with Gasteiger partial charge in [-0.25, -0.2) is 17.8 Å². The number of halogens is 1. The summed E-state index contributed by atoms with van der Waals surface area (Å²) in [4.78, 5) is 4.06. The Bertz CT molecular complexity index is 987. The lowest BCUT2D eigenvalue weighted by molar-refractivity contribution is 0.188. The van der Waals surface area contributed by atoms with Crippen LogP contribution in [0.15, 0.2) is 41.8 Å². The van der Waals surface area contributed by atoms with Gasteiger partial charge >= 0.3 is 0 Å². The number of aromatic nitrogens is 2. The van der Waals surface area contributed by atoms with Gasteiger partial charge in [-0.2, -0.15) is 4.31 Å². The van der Waals surface area contributed by atoms with Gasteiger partial charge in [-0.15, -0.1) is 0 Å². The summed E-state index contributed by atoms with van der Waals surface area (Å²) >= 11 is 0. The van der Waals surface area contributed by atoms with E-state index in [-0.39, 0.29) is 22.8 Å². The highest BCUT2D eigenvalue weighted by molar-refractivity contribution is 7.89. The van der Waals surface area contributed by atoms with E-state index in [1.54, 1.807) is 23.7 Å². The molecular weight excluding hydrogens is 403 g/mol. The highest BCUT2D eigenvalue weighted by Gasteiger charge is 2.42. The van der Waals surface area contributed by atoms with Gasteiger partial charge in [0.05, 0.1) is 6.33 Å². The zero-order chi connectivity index (χ0) is 21.5. The van der Waals surface area contributed by atoms with Crippen molar-refractivity contribution >= 4 is 10.0 Å². The van der Waals surface area contributed by atoms with Crippen LogP contribution in [0.3, 0.4) is 0 Å². The van der Waals surface area contributed by atoms with Crippen LogP contribution in [0.25, 0.3) is 0 Å². The van der Waals surface area contributed by atoms with Crippen molar-refractivity contribution in [3.8, 4) is 0 Å². The fourth-order valence-corrected chi connectivity index (χ4v) is 6.44. The Hall–Kier alpha value is -1.77. The first kappa shape index (κ1) is 21.5. The van der Waals surface area contributed by atoms with Gasteiger partial charge in [-0.3, -0.25) is 0 Å². The molecule has 1 saturated carbocycles. The third-order valence-electron chi connectivity index (χ3n) is 6.52. The molecule has 2 aliphatic rings. The van der Waals surface area contributed by atoms with E-state index in [2.05, 4.69) is 24.1 Å². The van der Waals surface area contributed by atoms with Crippen molar-refractivity contribution in [2.45, 2.75) is 62.6 Å². The average molecular weight is 435 g/mol. The molecule has 1 aromatic heterocycles. The molecule has 1 N–H and O–H groups in total. The van der Waals surface area contributed by atoms with Crippen LogP contribution in [0.4, 0.5) is 4.39 Å². The molecule has 4 rings (SSSR count). The fourth-order valence-electron chi connectivity index (χ4n) is 4.98. The van der Waals surface area contributed by atoms with Crippen LogP contribution in [0.1, 0.15) is 51.0 Å². The number of imidazole rings is 1. The monoisotopic (exact) mass is 434 g/mol. The first-order valence-electron chi connectivity index (χ1n) is 10.6. The number of sulfonamides is 1. The maximum atomic E-state index is 13.5. The van der Waals surface area contributed by atoms with E-state index >= 15 is 0 Å². The Balaban J connectivity index is 1.59. The van der Waals surface area contributed by atoms with Crippen LogP contribution in [-0.2, 0) is 17.1 Å². The maximum Gasteiger partial charge on any atom is 0.262 e. The van der Waals surface area contributed by atoms with Gasteiger partial charge in [0.1, 0.15) is 5.82 Å². The van der Waals surface area contributed by atoms with Crippen LogP contribution in [0.5, 0.6) is 0 Å². The molecule has 6 nitrogen and oxygen atoms in total. The van der Waals surface area contributed by atoms with Crippen LogP contribution in [0, 0.1) is 11.2 Å². The zero-order valence-electron chi connectivity index (χ0n) is 17.9. The molecule has 3 atom stereocenters. The number of benzene rings is 1. The Morgan fingerprint density at radius 2 is 1.93 bits per heavy atom. The molecule has 0 bridgehead atoms. The predicted molar refractivity (Wildman–Crippen MR) is 114 cm³/mol. The highest BCUT2D eigenvalue weighted by atomic mass is 32.2. The number of nitrogens with zero attached hydrogens (tertiary/aromatic N) is 3. The molecule has 0 amide bonds. The molecule has 164 valence electrons. The normalized spacial score (nSPS) is 27.4. The van der Waals surface area contributed by atoms with Crippen LogP contribution >= 0.6 is 0 Å². The van der Waals surface area contributed by atoms with Gasteiger partial charge in [-0.1, -0.05) is 32.4 Å². The van der Waals surface area contributed by atoms with Gasteiger partial charge in [0.2, 0.25) is 0 Å². The number of hydrogen-bond donors (Lipinski definition) is 1. The third-order valence-corrected chi connectivity index (χ3v) is 8.24. The quantitative estimate of drug-likeness (QED) is 0.784. The van der Waals surface area contributed by atoms with Crippen molar-refractivity contribution in [1.29, 1.82) is 0 Å².